The SMILES string of the molecule is Cc1cccc(C)c1NC(=O)CN1CCN(c2nccn(CC(C)C)c2=O)CC1. The Labute approximate surface area is 172 Å². The Hall–Kier alpha value is -2.67. The smallest absolute Gasteiger partial charge is 0.293 e. The number of piperazine rings is 1. The van der Waals surface area contributed by atoms with Crippen LogP contribution in [-0.4, -0.2) is 53.1 Å². The average Bonchev–Trinajstić information content (AvgIpc) is 2.67. The van der Waals surface area contributed by atoms with E-state index in [1.54, 1.807) is 17.0 Å². The summed E-state index contributed by atoms with van der Waals surface area (Å²) in [5.74, 6) is 0.899. The van der Waals surface area contributed by atoms with Crippen LogP contribution >= 0.6 is 0 Å². The molecule has 2 heterocycles. The van der Waals surface area contributed by atoms with Gasteiger partial charge in [0.05, 0.1) is 6.54 Å². The summed E-state index contributed by atoms with van der Waals surface area (Å²) in [5, 5.41) is 3.04. The quantitative estimate of drug-likeness (QED) is 0.810. The third-order valence-electron chi connectivity index (χ3n) is 5.24. The van der Waals surface area contributed by atoms with Gasteiger partial charge in [0.15, 0.2) is 5.82 Å². The lowest BCUT2D eigenvalue weighted by Gasteiger charge is -2.34. The minimum atomic E-state index is -0.0394. The summed E-state index contributed by atoms with van der Waals surface area (Å²) in [6.45, 7) is 12.0. The standard InChI is InChI=1S/C22H31N5O2/c1-16(2)14-27-9-8-23-21(22(27)29)26-12-10-25(11-13-26)15-19(28)24-20-17(3)6-5-7-18(20)4/h5-9,16H,10-15H2,1-4H3,(H,24,28). The number of hydrogen-bond acceptors (Lipinski definition) is 5. The third-order valence-corrected chi connectivity index (χ3v) is 5.24. The van der Waals surface area contributed by atoms with E-state index in [0.717, 1.165) is 29.9 Å². The maximum atomic E-state index is 12.7. The highest BCUT2D eigenvalue weighted by Gasteiger charge is 2.22. The highest BCUT2D eigenvalue weighted by atomic mass is 16.2. The maximum absolute atomic E-state index is 12.7. The summed E-state index contributed by atoms with van der Waals surface area (Å²) >= 11 is 0. The molecule has 156 valence electrons. The summed E-state index contributed by atoms with van der Waals surface area (Å²) in [7, 11) is 0. The summed E-state index contributed by atoms with van der Waals surface area (Å²) in [6, 6.07) is 5.99. The molecule has 0 atom stereocenters. The molecule has 1 amide bonds. The number of benzene rings is 1. The molecule has 3 rings (SSSR count). The largest absolute Gasteiger partial charge is 0.349 e. The number of rotatable bonds is 6. The van der Waals surface area contributed by atoms with E-state index in [4.69, 9.17) is 0 Å². The third kappa shape index (κ3) is 5.23. The van der Waals surface area contributed by atoms with Crippen molar-refractivity contribution in [2.24, 2.45) is 5.92 Å². The molecule has 0 bridgehead atoms. The van der Waals surface area contributed by atoms with E-state index < -0.39 is 0 Å². The van der Waals surface area contributed by atoms with Crippen LogP contribution in [0.1, 0.15) is 25.0 Å². The summed E-state index contributed by atoms with van der Waals surface area (Å²) in [5.41, 5.74) is 2.99. The zero-order valence-corrected chi connectivity index (χ0v) is 17.8. The maximum Gasteiger partial charge on any atom is 0.293 e. The number of aromatic nitrogens is 2. The van der Waals surface area contributed by atoms with Crippen LogP contribution in [0.3, 0.4) is 0 Å². The first-order chi connectivity index (χ1) is 13.8. The first kappa shape index (κ1) is 21.0. The van der Waals surface area contributed by atoms with Crippen molar-refractivity contribution in [2.75, 3.05) is 42.9 Å². The fraction of sp³-hybridized carbons (Fsp3) is 0.500. The van der Waals surface area contributed by atoms with Crippen molar-refractivity contribution in [3.63, 3.8) is 0 Å². The van der Waals surface area contributed by atoms with Crippen LogP contribution in [0.2, 0.25) is 0 Å². The monoisotopic (exact) mass is 397 g/mol. The van der Waals surface area contributed by atoms with Crippen molar-refractivity contribution in [2.45, 2.75) is 34.2 Å². The minimum absolute atomic E-state index is 0.00650. The van der Waals surface area contributed by atoms with Crippen LogP contribution in [0.15, 0.2) is 35.4 Å². The predicted octanol–water partition coefficient (Wildman–Crippen LogP) is 2.28. The zero-order chi connectivity index (χ0) is 21.0. The molecule has 7 heteroatoms. The molecule has 29 heavy (non-hydrogen) atoms. The van der Waals surface area contributed by atoms with Crippen LogP contribution in [0.4, 0.5) is 11.5 Å². The van der Waals surface area contributed by atoms with Crippen LogP contribution < -0.4 is 15.8 Å². The fourth-order valence-corrected chi connectivity index (χ4v) is 3.70. The van der Waals surface area contributed by atoms with Gasteiger partial charge in [0.2, 0.25) is 5.91 Å². The molecule has 0 saturated carbocycles. The van der Waals surface area contributed by atoms with Crippen molar-refractivity contribution in [3.8, 4) is 0 Å². The van der Waals surface area contributed by atoms with Gasteiger partial charge in [-0.05, 0) is 30.9 Å². The van der Waals surface area contributed by atoms with E-state index in [0.29, 0.717) is 37.9 Å². The van der Waals surface area contributed by atoms with Gasteiger partial charge in [0.1, 0.15) is 0 Å². The van der Waals surface area contributed by atoms with Gasteiger partial charge in [0.25, 0.3) is 5.56 Å². The molecular formula is C22H31N5O2. The number of carbonyl (C=O) groups excluding carboxylic acids is 1. The van der Waals surface area contributed by atoms with Crippen molar-refractivity contribution in [3.05, 3.63) is 52.1 Å². The number of nitrogens with zero attached hydrogens (tertiary/aromatic N) is 4. The molecule has 1 aliphatic rings. The minimum Gasteiger partial charge on any atom is -0.349 e. The van der Waals surface area contributed by atoms with Gasteiger partial charge in [-0.3, -0.25) is 14.5 Å². The van der Waals surface area contributed by atoms with E-state index >= 15 is 0 Å². The molecule has 0 unspecified atom stereocenters. The molecule has 0 aliphatic carbocycles. The van der Waals surface area contributed by atoms with E-state index in [2.05, 4.69) is 29.0 Å². The van der Waals surface area contributed by atoms with Gasteiger partial charge >= 0.3 is 0 Å². The Balaban J connectivity index is 1.57. The molecule has 7 nitrogen and oxygen atoms in total. The lowest BCUT2D eigenvalue weighted by atomic mass is 10.1. The molecule has 1 fully saturated rings. The van der Waals surface area contributed by atoms with Crippen molar-refractivity contribution >= 4 is 17.4 Å². The van der Waals surface area contributed by atoms with E-state index in [1.165, 1.54) is 0 Å². The van der Waals surface area contributed by atoms with Crippen LogP contribution in [-0.2, 0) is 11.3 Å². The van der Waals surface area contributed by atoms with Crippen LogP contribution in [0.5, 0.6) is 0 Å². The first-order valence-corrected chi connectivity index (χ1v) is 10.2. The molecule has 1 saturated heterocycles. The highest BCUT2D eigenvalue weighted by molar-refractivity contribution is 5.93. The van der Waals surface area contributed by atoms with Gasteiger partial charge in [-0.2, -0.15) is 0 Å². The lowest BCUT2D eigenvalue weighted by molar-refractivity contribution is -0.117. The van der Waals surface area contributed by atoms with Gasteiger partial charge < -0.3 is 14.8 Å². The van der Waals surface area contributed by atoms with Crippen LogP contribution in [0.25, 0.3) is 0 Å². The molecule has 0 radical (unpaired) electrons. The number of amides is 1. The second-order valence-corrected chi connectivity index (χ2v) is 8.18. The number of anilines is 2. The Morgan fingerprint density at radius 2 is 1.79 bits per heavy atom. The summed E-state index contributed by atoms with van der Waals surface area (Å²) < 4.78 is 1.73. The van der Waals surface area contributed by atoms with E-state index in [-0.39, 0.29) is 11.5 Å². The van der Waals surface area contributed by atoms with Crippen molar-refractivity contribution in [1.29, 1.82) is 0 Å². The summed E-state index contributed by atoms with van der Waals surface area (Å²) in [6.07, 6.45) is 3.45. The van der Waals surface area contributed by atoms with E-state index in [9.17, 15) is 9.59 Å². The Morgan fingerprint density at radius 1 is 1.14 bits per heavy atom. The second-order valence-electron chi connectivity index (χ2n) is 8.18. The average molecular weight is 398 g/mol. The fourth-order valence-electron chi connectivity index (χ4n) is 3.70. The normalized spacial score (nSPS) is 15.0. The molecule has 1 N–H and O–H groups in total. The number of hydrogen-bond donors (Lipinski definition) is 1. The molecule has 2 aromatic rings. The second kappa shape index (κ2) is 9.22. The Kier molecular flexibility index (Phi) is 6.69. The Bertz CT molecular complexity index is 893. The lowest BCUT2D eigenvalue weighted by Crippen LogP contribution is -2.50. The number of nitrogens with one attached hydrogen (secondary N) is 1. The van der Waals surface area contributed by atoms with Crippen LogP contribution in [0, 0.1) is 19.8 Å². The van der Waals surface area contributed by atoms with Gasteiger partial charge in [-0.15, -0.1) is 0 Å². The molecule has 0 spiro atoms. The molecular weight excluding hydrogens is 366 g/mol. The predicted molar refractivity (Wildman–Crippen MR) is 117 cm³/mol. The number of para-hydroxylation sites is 1. The summed E-state index contributed by atoms with van der Waals surface area (Å²) in [4.78, 5) is 33.7. The van der Waals surface area contributed by atoms with Gasteiger partial charge in [-0.25, -0.2) is 4.98 Å². The van der Waals surface area contributed by atoms with Crippen molar-refractivity contribution < 1.29 is 4.79 Å². The Morgan fingerprint density at radius 3 is 2.41 bits per heavy atom. The molecule has 1 aliphatic heterocycles. The van der Waals surface area contributed by atoms with Gasteiger partial charge in [0, 0.05) is 50.8 Å². The molecule has 1 aromatic carbocycles. The number of carbonyl (C=O) groups is 1. The topological polar surface area (TPSA) is 70.5 Å². The number of aryl methyl sites for hydroxylation is 2. The first-order valence-electron chi connectivity index (χ1n) is 10.2. The van der Waals surface area contributed by atoms with E-state index in [1.807, 2.05) is 36.9 Å². The zero-order valence-electron chi connectivity index (χ0n) is 17.8. The van der Waals surface area contributed by atoms with Gasteiger partial charge in [-0.1, -0.05) is 32.0 Å². The van der Waals surface area contributed by atoms with Crippen molar-refractivity contribution in [1.82, 2.24) is 14.5 Å². The molecule has 1 aromatic heterocycles. The highest BCUT2D eigenvalue weighted by Crippen LogP contribution is 2.19.